The van der Waals surface area contributed by atoms with Crippen molar-refractivity contribution >= 4 is 30.0 Å². The molecule has 192 valence electrons. The highest BCUT2D eigenvalue weighted by Gasteiger charge is 2.13. The van der Waals surface area contributed by atoms with Gasteiger partial charge in [-0.3, -0.25) is 0 Å². The third kappa shape index (κ3) is 7.89. The first-order valence-corrected chi connectivity index (χ1v) is 11.4. The normalized spacial score (nSPS) is 10.3. The number of rotatable bonds is 10. The summed E-state index contributed by atoms with van der Waals surface area (Å²) in [5.74, 6) is -1.13. The van der Waals surface area contributed by atoms with Gasteiger partial charge in [0.15, 0.2) is 0 Å². The first-order valence-electron chi connectivity index (χ1n) is 11.4. The molecular formula is C30H24O8. The molecule has 0 amide bonds. The van der Waals surface area contributed by atoms with Gasteiger partial charge in [0.1, 0.15) is 23.0 Å². The van der Waals surface area contributed by atoms with Gasteiger partial charge in [0.05, 0.1) is 5.56 Å². The molecule has 0 heterocycles. The van der Waals surface area contributed by atoms with Crippen LogP contribution in [-0.2, 0) is 20.8 Å². The van der Waals surface area contributed by atoms with Crippen LogP contribution in [0, 0.1) is 0 Å². The number of esters is 4. The van der Waals surface area contributed by atoms with Crippen LogP contribution >= 0.6 is 0 Å². The average Bonchev–Trinajstić information content (AvgIpc) is 2.93. The Morgan fingerprint density at radius 1 is 0.684 bits per heavy atom. The Labute approximate surface area is 219 Å². The summed E-state index contributed by atoms with van der Waals surface area (Å²) in [5.41, 5.74) is 1.62. The molecule has 0 aliphatic heterocycles. The van der Waals surface area contributed by atoms with E-state index >= 15 is 0 Å². The van der Waals surface area contributed by atoms with Crippen LogP contribution < -0.4 is 18.9 Å². The Kier molecular flexibility index (Phi) is 9.48. The topological polar surface area (TPSA) is 105 Å². The van der Waals surface area contributed by atoms with Gasteiger partial charge in [-0.2, -0.15) is 0 Å². The fourth-order valence-electron chi connectivity index (χ4n) is 3.09. The van der Waals surface area contributed by atoms with Crippen LogP contribution in [0.1, 0.15) is 28.4 Å². The molecule has 38 heavy (non-hydrogen) atoms. The van der Waals surface area contributed by atoms with Crippen LogP contribution in [0.25, 0.3) is 6.08 Å². The Hall–Kier alpha value is -5.24. The first-order chi connectivity index (χ1) is 18.3. The minimum atomic E-state index is -0.605. The van der Waals surface area contributed by atoms with E-state index in [1.165, 1.54) is 36.4 Å². The summed E-state index contributed by atoms with van der Waals surface area (Å²) in [6, 6.07) is 17.1. The summed E-state index contributed by atoms with van der Waals surface area (Å²) in [5, 5.41) is 0. The quantitative estimate of drug-likeness (QED) is 0.206. The van der Waals surface area contributed by atoms with Crippen molar-refractivity contribution in [2.75, 3.05) is 0 Å². The van der Waals surface area contributed by atoms with Gasteiger partial charge in [-0.15, -0.1) is 0 Å². The molecule has 8 nitrogen and oxygen atoms in total. The maximum Gasteiger partial charge on any atom is 0.343 e. The Bertz CT molecular complexity index is 1380. The molecule has 0 N–H and O–H groups in total. The van der Waals surface area contributed by atoms with Gasteiger partial charge < -0.3 is 18.9 Å². The standard InChI is InChI=1S/C30H24O8/c1-4-21-19-25(37-30(34)22-10-14-24(15-11-22)36-28(32)6-3)16-17-26(21)38-29(33)18-9-20-7-12-23(13-8-20)35-27(31)5-2/h5-19H,2-4H2,1H3/b18-9+. The van der Waals surface area contributed by atoms with Crippen LogP contribution in [0.4, 0.5) is 0 Å². The van der Waals surface area contributed by atoms with E-state index in [0.29, 0.717) is 29.0 Å². The van der Waals surface area contributed by atoms with Crippen molar-refractivity contribution in [2.45, 2.75) is 13.3 Å². The highest BCUT2D eigenvalue weighted by atomic mass is 16.5. The third-order valence-corrected chi connectivity index (χ3v) is 4.99. The molecule has 0 spiro atoms. The van der Waals surface area contributed by atoms with Crippen LogP contribution in [0.3, 0.4) is 0 Å². The highest BCUT2D eigenvalue weighted by Crippen LogP contribution is 2.26. The Balaban J connectivity index is 1.61. The molecular weight excluding hydrogens is 488 g/mol. The maximum atomic E-state index is 12.5. The molecule has 0 aliphatic carbocycles. The monoisotopic (exact) mass is 512 g/mol. The van der Waals surface area contributed by atoms with Gasteiger partial charge in [-0.1, -0.05) is 32.2 Å². The lowest BCUT2D eigenvalue weighted by Gasteiger charge is -2.10. The van der Waals surface area contributed by atoms with Crippen molar-refractivity contribution in [3.63, 3.8) is 0 Å². The van der Waals surface area contributed by atoms with Crippen LogP contribution in [0.5, 0.6) is 23.0 Å². The second kappa shape index (κ2) is 13.2. The predicted octanol–water partition coefficient (Wildman–Crippen LogP) is 5.27. The molecule has 0 aromatic heterocycles. The summed E-state index contributed by atoms with van der Waals surface area (Å²) in [7, 11) is 0. The van der Waals surface area contributed by atoms with E-state index in [2.05, 4.69) is 13.2 Å². The molecule has 0 saturated heterocycles. The van der Waals surface area contributed by atoms with E-state index < -0.39 is 23.9 Å². The molecule has 0 atom stereocenters. The lowest BCUT2D eigenvalue weighted by atomic mass is 10.1. The predicted molar refractivity (Wildman–Crippen MR) is 140 cm³/mol. The summed E-state index contributed by atoms with van der Waals surface area (Å²) < 4.78 is 20.9. The van der Waals surface area contributed by atoms with E-state index in [1.54, 1.807) is 42.5 Å². The molecule has 3 rings (SSSR count). The number of hydrogen-bond acceptors (Lipinski definition) is 8. The molecule has 3 aromatic rings. The second-order valence-electron chi connectivity index (χ2n) is 7.61. The third-order valence-electron chi connectivity index (χ3n) is 4.99. The Morgan fingerprint density at radius 2 is 1.24 bits per heavy atom. The van der Waals surface area contributed by atoms with Gasteiger partial charge in [-0.05, 0) is 78.2 Å². The van der Waals surface area contributed by atoms with E-state index in [0.717, 1.165) is 12.2 Å². The lowest BCUT2D eigenvalue weighted by molar-refractivity contribution is -0.129. The zero-order chi connectivity index (χ0) is 27.5. The fourth-order valence-corrected chi connectivity index (χ4v) is 3.09. The minimum Gasteiger partial charge on any atom is -0.423 e. The van der Waals surface area contributed by atoms with Gasteiger partial charge in [-0.25, -0.2) is 19.2 Å². The van der Waals surface area contributed by atoms with Gasteiger partial charge in [0, 0.05) is 18.2 Å². The van der Waals surface area contributed by atoms with Crippen molar-refractivity contribution in [3.05, 3.63) is 115 Å². The molecule has 0 saturated carbocycles. The summed E-state index contributed by atoms with van der Waals surface area (Å²) >= 11 is 0. The number of hydrogen-bond donors (Lipinski definition) is 0. The zero-order valence-electron chi connectivity index (χ0n) is 20.5. The zero-order valence-corrected chi connectivity index (χ0v) is 20.5. The molecule has 3 aromatic carbocycles. The SMILES string of the molecule is C=CC(=O)Oc1ccc(/C=C/C(=O)Oc2ccc(OC(=O)c3ccc(OC(=O)C=C)cc3)cc2CC)cc1. The molecule has 0 fully saturated rings. The van der Waals surface area contributed by atoms with E-state index in [9.17, 15) is 19.2 Å². The van der Waals surface area contributed by atoms with E-state index in [1.807, 2.05) is 6.92 Å². The van der Waals surface area contributed by atoms with Crippen molar-refractivity contribution in [1.82, 2.24) is 0 Å². The van der Waals surface area contributed by atoms with Crippen LogP contribution in [0.15, 0.2) is 98.1 Å². The van der Waals surface area contributed by atoms with Crippen molar-refractivity contribution < 1.29 is 38.1 Å². The number of carbonyl (C=O) groups excluding carboxylic acids is 4. The lowest BCUT2D eigenvalue weighted by Crippen LogP contribution is -2.10. The smallest absolute Gasteiger partial charge is 0.343 e. The highest BCUT2D eigenvalue weighted by molar-refractivity contribution is 5.92. The number of carbonyl (C=O) groups is 4. The first kappa shape index (κ1) is 27.3. The fraction of sp³-hybridized carbons (Fsp3) is 0.0667. The van der Waals surface area contributed by atoms with Crippen LogP contribution in [-0.4, -0.2) is 23.9 Å². The minimum absolute atomic E-state index is 0.258. The van der Waals surface area contributed by atoms with Crippen molar-refractivity contribution in [3.8, 4) is 23.0 Å². The molecule has 0 bridgehead atoms. The number of benzene rings is 3. The van der Waals surface area contributed by atoms with E-state index in [4.69, 9.17) is 18.9 Å². The molecule has 0 radical (unpaired) electrons. The van der Waals surface area contributed by atoms with Gasteiger partial charge in [0.2, 0.25) is 0 Å². The average molecular weight is 513 g/mol. The van der Waals surface area contributed by atoms with Crippen LogP contribution in [0.2, 0.25) is 0 Å². The van der Waals surface area contributed by atoms with Crippen molar-refractivity contribution in [1.29, 1.82) is 0 Å². The van der Waals surface area contributed by atoms with E-state index in [-0.39, 0.29) is 17.1 Å². The molecule has 8 heteroatoms. The molecule has 0 unspecified atom stereocenters. The summed E-state index contributed by atoms with van der Waals surface area (Å²) in [6.45, 7) is 8.54. The maximum absolute atomic E-state index is 12.5. The van der Waals surface area contributed by atoms with Gasteiger partial charge >= 0.3 is 23.9 Å². The second-order valence-corrected chi connectivity index (χ2v) is 7.61. The summed E-state index contributed by atoms with van der Waals surface area (Å²) in [6.07, 6.45) is 5.46. The number of ether oxygens (including phenoxy) is 4. The summed E-state index contributed by atoms with van der Waals surface area (Å²) in [4.78, 5) is 47.4. The van der Waals surface area contributed by atoms with Gasteiger partial charge in [0.25, 0.3) is 0 Å². The largest absolute Gasteiger partial charge is 0.423 e. The van der Waals surface area contributed by atoms with Crippen molar-refractivity contribution in [2.24, 2.45) is 0 Å². The Morgan fingerprint density at radius 3 is 1.79 bits per heavy atom. The molecule has 0 aliphatic rings. The number of aryl methyl sites for hydroxylation is 1.